The summed E-state index contributed by atoms with van der Waals surface area (Å²) in [4.78, 5) is 0. The predicted octanol–water partition coefficient (Wildman–Crippen LogP) is 25.9. The maximum absolute atomic E-state index is 2.63. The summed E-state index contributed by atoms with van der Waals surface area (Å²) in [5, 5.41) is 0. The predicted molar refractivity (Wildman–Crippen MR) is 406 cm³/mol. The van der Waals surface area contributed by atoms with E-state index in [0.29, 0.717) is 22.7 Å². The van der Waals surface area contributed by atoms with Gasteiger partial charge in [-0.25, -0.2) is 0 Å². The van der Waals surface area contributed by atoms with Crippen LogP contribution in [0.5, 0.6) is 0 Å². The van der Waals surface area contributed by atoms with Gasteiger partial charge in [-0.3, -0.25) is 0 Å². The first-order chi connectivity index (χ1) is 47.8. The molecule has 0 aromatic heterocycles. The highest BCUT2D eigenvalue weighted by Gasteiger charge is 2.52. The SMILES string of the molecule is C[C@@]12CCC[C@H]1[C@@H]1CCc3cc(-c4cc(-c5ccccc5)c(-c5cccc(C6(c7cccc(-c8cc(-c9ccccc9)c(-c9ccc%10c(c9)CC[C@@H]9[C@@H]%10CC[C@]%10(C)CCC[C@@H]9%10)cc8-c8ccccc8)c7)c7ccccc7-c7ccccc76)c5)cc4-c4ccccc4)ccc3[C@H]1CC2. The average molecular weight is 1250 g/mol. The molecule has 8 atom stereocenters. The van der Waals surface area contributed by atoms with Gasteiger partial charge >= 0.3 is 0 Å². The molecule has 97 heavy (non-hydrogen) atoms. The van der Waals surface area contributed by atoms with E-state index in [1.807, 2.05) is 0 Å². The van der Waals surface area contributed by atoms with Gasteiger partial charge in [-0.05, 0) is 304 Å². The molecule has 12 aromatic rings. The zero-order valence-electron chi connectivity index (χ0n) is 56.4. The molecule has 12 aromatic carbocycles. The first-order valence-corrected chi connectivity index (χ1v) is 37.0. The molecule has 0 bridgehead atoms. The second-order valence-electron chi connectivity index (χ2n) is 31.2. The Balaban J connectivity index is 0.776. The fraction of sp³-hybridized carbons (Fsp3) is 0.258. The molecular formula is C97H86. The van der Waals surface area contributed by atoms with E-state index in [1.54, 1.807) is 22.3 Å². The second kappa shape index (κ2) is 23.4. The Morgan fingerprint density at radius 1 is 0.258 bits per heavy atom. The number of benzene rings is 12. The maximum Gasteiger partial charge on any atom is 0.0713 e. The number of aryl methyl sites for hydroxylation is 2. The number of fused-ring (bicyclic) bond motifs is 13. The van der Waals surface area contributed by atoms with Crippen LogP contribution in [-0.4, -0.2) is 0 Å². The lowest BCUT2D eigenvalue weighted by Crippen LogP contribution is -2.39. The first-order valence-electron chi connectivity index (χ1n) is 37.0. The monoisotopic (exact) mass is 1250 g/mol. The molecular weight excluding hydrogens is 1170 g/mol. The van der Waals surface area contributed by atoms with Gasteiger partial charge in [0.25, 0.3) is 0 Å². The van der Waals surface area contributed by atoms with Crippen LogP contribution in [0.3, 0.4) is 0 Å². The number of hydrogen-bond acceptors (Lipinski definition) is 0. The van der Waals surface area contributed by atoms with Crippen molar-refractivity contribution in [3.8, 4) is 100 Å². The highest BCUT2D eigenvalue weighted by molar-refractivity contribution is 5.98. The summed E-state index contributed by atoms with van der Waals surface area (Å²) < 4.78 is 0. The summed E-state index contributed by atoms with van der Waals surface area (Å²) in [6.07, 6.45) is 19.0. The van der Waals surface area contributed by atoms with Crippen LogP contribution in [0, 0.1) is 34.5 Å². The van der Waals surface area contributed by atoms with E-state index in [-0.39, 0.29) is 0 Å². The summed E-state index contributed by atoms with van der Waals surface area (Å²) >= 11 is 0. The molecule has 7 aliphatic rings. The van der Waals surface area contributed by atoms with Crippen LogP contribution < -0.4 is 0 Å². The molecule has 0 heterocycles. The zero-order valence-corrected chi connectivity index (χ0v) is 56.4. The molecule has 0 N–H and O–H groups in total. The van der Waals surface area contributed by atoms with Crippen LogP contribution in [0.25, 0.3) is 100 Å². The third-order valence-electron chi connectivity index (χ3n) is 26.5. The van der Waals surface area contributed by atoms with Crippen LogP contribution in [0.15, 0.2) is 279 Å². The second-order valence-corrected chi connectivity index (χ2v) is 31.2. The highest BCUT2D eigenvalue weighted by atomic mass is 14.6. The summed E-state index contributed by atoms with van der Waals surface area (Å²) in [6, 6.07) is 108. The van der Waals surface area contributed by atoms with E-state index < -0.39 is 5.41 Å². The molecule has 7 aliphatic carbocycles. The smallest absolute Gasteiger partial charge is 0.0622 e. The summed E-state index contributed by atoms with van der Waals surface area (Å²) in [5.41, 5.74) is 34.6. The first kappa shape index (κ1) is 58.9. The third-order valence-corrected chi connectivity index (χ3v) is 26.5. The number of hydrogen-bond donors (Lipinski definition) is 0. The van der Waals surface area contributed by atoms with Gasteiger partial charge in [0.15, 0.2) is 0 Å². The molecule has 474 valence electrons. The van der Waals surface area contributed by atoms with Gasteiger partial charge in [0.05, 0.1) is 5.41 Å². The van der Waals surface area contributed by atoms with Crippen LogP contribution in [0.1, 0.15) is 147 Å². The Bertz CT molecular complexity index is 4690. The summed E-state index contributed by atoms with van der Waals surface area (Å²) in [7, 11) is 0. The lowest BCUT2D eigenvalue weighted by Gasteiger charge is -2.49. The Labute approximate surface area is 575 Å². The minimum Gasteiger partial charge on any atom is -0.0622 e. The highest BCUT2D eigenvalue weighted by Crippen LogP contribution is 2.64. The average Bonchev–Trinajstić information content (AvgIpc) is 1.49. The molecule has 4 saturated carbocycles. The van der Waals surface area contributed by atoms with Crippen molar-refractivity contribution in [2.24, 2.45) is 34.5 Å². The van der Waals surface area contributed by atoms with E-state index in [4.69, 9.17) is 0 Å². The standard InChI is InChI=1S/C97H86/c1-95-51-21-39-91(95)81-47-43-69-55-71(41-45-75(69)77(81)49-53-95)89-61-83(63-23-7-3-8-24-63)87(59-85(89)65-27-11-5-12-28-65)67-31-19-33-73(57-67)97(93-37-17-15-35-79(93)80-36-16-18-38-94(80)97)74-34-20-32-68(58-74)88-60-86(66-29-13-6-14-30-66)90(62-84(88)64-25-9-4-10-26-64)72-42-46-76-70(56-72)44-48-82-78(76)50-54-96(2)52-22-40-92(82)96/h3-20,23-38,41-42,45-46,55-62,77-78,81-82,91-92H,21-22,39-40,43-44,47-54H2,1-2H3/t77-,78-,81-,82-,91+,92+,95+,96+/m1/s1. The van der Waals surface area contributed by atoms with Gasteiger partial charge in [-0.2, -0.15) is 0 Å². The normalized spacial score (nSPS) is 23.8. The summed E-state index contributed by atoms with van der Waals surface area (Å²) in [5.74, 6) is 4.78. The van der Waals surface area contributed by atoms with Crippen molar-refractivity contribution in [1.29, 1.82) is 0 Å². The van der Waals surface area contributed by atoms with E-state index in [2.05, 4.69) is 293 Å². The van der Waals surface area contributed by atoms with E-state index in [0.717, 1.165) is 23.7 Å². The molecule has 0 amide bonds. The fourth-order valence-electron chi connectivity index (χ4n) is 21.9. The minimum atomic E-state index is -0.669. The molecule has 0 radical (unpaired) electrons. The topological polar surface area (TPSA) is 0 Å². The van der Waals surface area contributed by atoms with Gasteiger partial charge in [-0.15, -0.1) is 0 Å². The Morgan fingerprint density at radius 3 is 0.969 bits per heavy atom. The molecule has 0 aliphatic heterocycles. The van der Waals surface area contributed by atoms with Crippen molar-refractivity contribution >= 4 is 0 Å². The van der Waals surface area contributed by atoms with E-state index >= 15 is 0 Å². The fourth-order valence-corrected chi connectivity index (χ4v) is 21.9. The van der Waals surface area contributed by atoms with Crippen LogP contribution in [0.2, 0.25) is 0 Å². The molecule has 0 heteroatoms. The zero-order chi connectivity index (χ0) is 64.4. The van der Waals surface area contributed by atoms with Crippen molar-refractivity contribution in [2.45, 2.75) is 121 Å². The largest absolute Gasteiger partial charge is 0.0713 e. The number of rotatable bonds is 10. The van der Waals surface area contributed by atoms with Crippen LogP contribution >= 0.6 is 0 Å². The van der Waals surface area contributed by atoms with Crippen molar-refractivity contribution in [1.82, 2.24) is 0 Å². The Kier molecular flexibility index (Phi) is 14.2. The van der Waals surface area contributed by atoms with E-state index in [1.165, 1.54) is 212 Å². The molecule has 0 saturated heterocycles. The summed E-state index contributed by atoms with van der Waals surface area (Å²) in [6.45, 7) is 5.25. The molecule has 19 rings (SSSR count). The Morgan fingerprint density at radius 2 is 0.588 bits per heavy atom. The van der Waals surface area contributed by atoms with Gasteiger partial charge in [0.1, 0.15) is 0 Å². The molecule has 0 nitrogen and oxygen atoms in total. The minimum absolute atomic E-state index is 0.547. The Hall–Kier alpha value is -9.36. The van der Waals surface area contributed by atoms with E-state index in [9.17, 15) is 0 Å². The van der Waals surface area contributed by atoms with Gasteiger partial charge < -0.3 is 0 Å². The van der Waals surface area contributed by atoms with Crippen LogP contribution in [0.4, 0.5) is 0 Å². The molecule has 4 fully saturated rings. The molecule has 0 unspecified atom stereocenters. The van der Waals surface area contributed by atoms with Gasteiger partial charge in [0.2, 0.25) is 0 Å². The van der Waals surface area contributed by atoms with Crippen molar-refractivity contribution in [3.05, 3.63) is 324 Å². The van der Waals surface area contributed by atoms with Crippen molar-refractivity contribution in [3.63, 3.8) is 0 Å². The van der Waals surface area contributed by atoms with Crippen LogP contribution in [-0.2, 0) is 18.3 Å². The third kappa shape index (κ3) is 9.57. The van der Waals surface area contributed by atoms with Gasteiger partial charge in [0, 0.05) is 0 Å². The lowest BCUT2D eigenvalue weighted by atomic mass is 9.56. The van der Waals surface area contributed by atoms with Crippen molar-refractivity contribution < 1.29 is 0 Å². The van der Waals surface area contributed by atoms with Gasteiger partial charge in [-0.1, -0.05) is 269 Å². The maximum atomic E-state index is 2.63. The van der Waals surface area contributed by atoms with Crippen molar-refractivity contribution in [2.75, 3.05) is 0 Å². The quantitative estimate of drug-likeness (QED) is 0.128. The lowest BCUT2D eigenvalue weighted by molar-refractivity contribution is 0.0598. The molecule has 0 spiro atoms.